The summed E-state index contributed by atoms with van der Waals surface area (Å²) in [4.78, 5) is 22.8. The molecule has 2 N–H and O–H groups in total. The second-order valence-electron chi connectivity index (χ2n) is 9.13. The molecule has 2 aromatic rings. The molecule has 0 saturated carbocycles. The van der Waals surface area contributed by atoms with E-state index in [-0.39, 0.29) is 5.56 Å². The Kier molecular flexibility index (Phi) is 9.29. The molecule has 2 aliphatic rings. The van der Waals surface area contributed by atoms with Crippen LogP contribution in [0.3, 0.4) is 0 Å². The van der Waals surface area contributed by atoms with Crippen LogP contribution in [-0.2, 0) is 16.0 Å². The minimum Gasteiger partial charge on any atom is -0.379 e. The van der Waals surface area contributed by atoms with Crippen LogP contribution in [0.15, 0.2) is 29.1 Å². The van der Waals surface area contributed by atoms with Crippen LogP contribution < -0.4 is 10.9 Å². The van der Waals surface area contributed by atoms with E-state index in [9.17, 15) is 4.79 Å². The summed E-state index contributed by atoms with van der Waals surface area (Å²) in [5.41, 5.74) is 2.72. The number of aromatic nitrogens is 1. The number of ether oxygens (including phenoxy) is 2. The zero-order chi connectivity index (χ0) is 23.8. The van der Waals surface area contributed by atoms with Gasteiger partial charge in [-0.2, -0.15) is 0 Å². The van der Waals surface area contributed by atoms with E-state index in [0.717, 1.165) is 102 Å². The number of fused-ring (bicyclic) bond motifs is 1. The molecule has 4 rings (SSSR count). The van der Waals surface area contributed by atoms with E-state index in [4.69, 9.17) is 21.7 Å². The Bertz CT molecular complexity index is 1000. The van der Waals surface area contributed by atoms with Gasteiger partial charge in [-0.25, -0.2) is 0 Å². The quantitative estimate of drug-likeness (QED) is 0.408. The first kappa shape index (κ1) is 25.1. The molecule has 2 aliphatic heterocycles. The number of hydrogen-bond donors (Lipinski definition) is 2. The topological polar surface area (TPSA) is 73.1 Å². The molecule has 186 valence electrons. The highest BCUT2D eigenvalue weighted by molar-refractivity contribution is 7.80. The molecule has 0 atom stereocenters. The summed E-state index contributed by atoms with van der Waals surface area (Å²) >= 11 is 5.80. The van der Waals surface area contributed by atoms with Crippen molar-refractivity contribution in [1.82, 2.24) is 25.0 Å². The van der Waals surface area contributed by atoms with Crippen molar-refractivity contribution in [3.8, 4) is 0 Å². The number of benzene rings is 1. The van der Waals surface area contributed by atoms with Gasteiger partial charge in [0.25, 0.3) is 5.56 Å². The van der Waals surface area contributed by atoms with Crippen molar-refractivity contribution in [3.05, 3.63) is 45.7 Å². The minimum atomic E-state index is -0.0529. The number of H-pyrrole nitrogens is 1. The number of morpholine rings is 2. The Labute approximate surface area is 207 Å². The van der Waals surface area contributed by atoms with E-state index < -0.39 is 0 Å². The molecule has 2 fully saturated rings. The van der Waals surface area contributed by atoms with E-state index in [2.05, 4.69) is 38.0 Å². The maximum Gasteiger partial charge on any atom is 0.253 e. The second kappa shape index (κ2) is 12.6. The molecule has 8 nitrogen and oxygen atoms in total. The van der Waals surface area contributed by atoms with Gasteiger partial charge in [0.05, 0.1) is 33.0 Å². The van der Waals surface area contributed by atoms with Gasteiger partial charge in [0, 0.05) is 56.9 Å². The Morgan fingerprint density at radius 3 is 2.44 bits per heavy atom. The molecule has 34 heavy (non-hydrogen) atoms. The van der Waals surface area contributed by atoms with Gasteiger partial charge < -0.3 is 24.7 Å². The van der Waals surface area contributed by atoms with Gasteiger partial charge >= 0.3 is 0 Å². The number of rotatable bonds is 9. The fraction of sp³-hybridized carbons (Fsp3) is 0.600. The van der Waals surface area contributed by atoms with Crippen molar-refractivity contribution in [2.45, 2.75) is 19.9 Å². The van der Waals surface area contributed by atoms with Crippen molar-refractivity contribution >= 4 is 28.2 Å². The maximum absolute atomic E-state index is 12.8. The number of hydrogen-bond acceptors (Lipinski definition) is 6. The Hall–Kier alpha value is -2.04. The van der Waals surface area contributed by atoms with Gasteiger partial charge in [0.2, 0.25) is 0 Å². The van der Waals surface area contributed by atoms with Gasteiger partial charge in [-0.3, -0.25) is 14.6 Å². The molecule has 9 heteroatoms. The largest absolute Gasteiger partial charge is 0.379 e. The number of pyridine rings is 1. The lowest BCUT2D eigenvalue weighted by Crippen LogP contribution is -2.46. The first-order valence-corrected chi connectivity index (χ1v) is 12.7. The second-order valence-corrected chi connectivity index (χ2v) is 9.52. The SMILES string of the molecule is Cc1ccc2[nH]c(=O)c(CN(CCN3CCOCC3)C(=S)NCCCN3CCOCC3)cc2c1. The summed E-state index contributed by atoms with van der Waals surface area (Å²) in [5, 5.41) is 5.20. The monoisotopic (exact) mass is 487 g/mol. The molecule has 0 unspecified atom stereocenters. The molecule has 0 amide bonds. The van der Waals surface area contributed by atoms with Crippen LogP contribution in [0.1, 0.15) is 17.5 Å². The van der Waals surface area contributed by atoms with Crippen LogP contribution in [0, 0.1) is 6.92 Å². The molecule has 0 radical (unpaired) electrons. The zero-order valence-electron chi connectivity index (χ0n) is 20.2. The fourth-order valence-corrected chi connectivity index (χ4v) is 4.73. The van der Waals surface area contributed by atoms with E-state index in [1.54, 1.807) is 0 Å². The van der Waals surface area contributed by atoms with E-state index in [1.807, 2.05) is 18.2 Å². The highest BCUT2D eigenvalue weighted by atomic mass is 32.1. The lowest BCUT2D eigenvalue weighted by Gasteiger charge is -2.31. The average Bonchev–Trinajstić information content (AvgIpc) is 2.86. The van der Waals surface area contributed by atoms with E-state index in [1.165, 1.54) is 5.56 Å². The van der Waals surface area contributed by atoms with Crippen molar-refractivity contribution in [2.24, 2.45) is 0 Å². The lowest BCUT2D eigenvalue weighted by atomic mass is 10.1. The minimum absolute atomic E-state index is 0.0529. The van der Waals surface area contributed by atoms with Crippen molar-refractivity contribution in [3.63, 3.8) is 0 Å². The number of aromatic amines is 1. The zero-order valence-corrected chi connectivity index (χ0v) is 21.0. The molecule has 2 saturated heterocycles. The first-order chi connectivity index (χ1) is 16.6. The van der Waals surface area contributed by atoms with Gasteiger partial charge in [-0.1, -0.05) is 11.6 Å². The summed E-state index contributed by atoms with van der Waals surface area (Å²) in [6, 6.07) is 8.09. The molecule has 0 aliphatic carbocycles. The van der Waals surface area contributed by atoms with Crippen molar-refractivity contribution in [1.29, 1.82) is 0 Å². The van der Waals surface area contributed by atoms with Crippen LogP contribution in [0.5, 0.6) is 0 Å². The normalized spacial score (nSPS) is 17.7. The summed E-state index contributed by atoms with van der Waals surface area (Å²) < 4.78 is 10.9. The van der Waals surface area contributed by atoms with Crippen LogP contribution >= 0.6 is 12.2 Å². The predicted octanol–water partition coefficient (Wildman–Crippen LogP) is 1.57. The number of aryl methyl sites for hydroxylation is 1. The average molecular weight is 488 g/mol. The summed E-state index contributed by atoms with van der Waals surface area (Å²) in [7, 11) is 0. The van der Waals surface area contributed by atoms with Crippen LogP contribution in [-0.4, -0.2) is 104 Å². The summed E-state index contributed by atoms with van der Waals surface area (Å²) in [5.74, 6) is 0. The molecule has 0 bridgehead atoms. The number of nitrogens with one attached hydrogen (secondary N) is 2. The summed E-state index contributed by atoms with van der Waals surface area (Å²) in [6.07, 6.45) is 1.02. The third-order valence-corrected chi connectivity index (χ3v) is 6.95. The van der Waals surface area contributed by atoms with Crippen molar-refractivity contribution < 1.29 is 9.47 Å². The molecular formula is C25H37N5O3S. The maximum atomic E-state index is 12.8. The smallest absolute Gasteiger partial charge is 0.253 e. The van der Waals surface area contributed by atoms with Crippen molar-refractivity contribution in [2.75, 3.05) is 78.8 Å². The van der Waals surface area contributed by atoms with Gasteiger partial charge in [-0.05, 0) is 55.7 Å². The molecule has 1 aromatic heterocycles. The van der Waals surface area contributed by atoms with Crippen LogP contribution in [0.4, 0.5) is 0 Å². The predicted molar refractivity (Wildman–Crippen MR) is 139 cm³/mol. The number of nitrogens with zero attached hydrogens (tertiary/aromatic N) is 3. The van der Waals surface area contributed by atoms with Crippen LogP contribution in [0.2, 0.25) is 0 Å². The molecule has 0 spiro atoms. The van der Waals surface area contributed by atoms with E-state index in [0.29, 0.717) is 11.7 Å². The third kappa shape index (κ3) is 7.23. The highest BCUT2D eigenvalue weighted by Gasteiger charge is 2.17. The van der Waals surface area contributed by atoms with E-state index >= 15 is 0 Å². The first-order valence-electron chi connectivity index (χ1n) is 12.3. The Morgan fingerprint density at radius 1 is 1.06 bits per heavy atom. The molecule has 3 heterocycles. The molecular weight excluding hydrogens is 450 g/mol. The third-order valence-electron chi connectivity index (χ3n) is 6.55. The van der Waals surface area contributed by atoms with Gasteiger partial charge in [-0.15, -0.1) is 0 Å². The number of thiocarbonyl (C=S) groups is 1. The highest BCUT2D eigenvalue weighted by Crippen LogP contribution is 2.14. The van der Waals surface area contributed by atoms with Gasteiger partial charge in [0.15, 0.2) is 5.11 Å². The fourth-order valence-electron chi connectivity index (χ4n) is 4.47. The molecule has 1 aromatic carbocycles. The van der Waals surface area contributed by atoms with Crippen LogP contribution in [0.25, 0.3) is 10.9 Å². The summed E-state index contributed by atoms with van der Waals surface area (Å²) in [6.45, 7) is 13.1. The Balaban J connectivity index is 1.39. The standard InChI is InChI=1S/C25H37N5O3S/c1-20-3-4-23-21(17-20)18-22(24(31)27-23)19-30(8-7-29-11-15-33-16-12-29)25(34)26-5-2-6-28-9-13-32-14-10-28/h3-4,17-18H,2,5-16,19H2,1H3,(H,26,34)(H,27,31). The Morgan fingerprint density at radius 2 is 1.74 bits per heavy atom. The lowest BCUT2D eigenvalue weighted by molar-refractivity contribution is 0.0356. The van der Waals surface area contributed by atoms with Gasteiger partial charge in [0.1, 0.15) is 0 Å².